The molecule has 106 valence electrons. The van der Waals surface area contributed by atoms with Crippen molar-refractivity contribution in [1.29, 1.82) is 0 Å². The first-order valence-electron chi connectivity index (χ1n) is 6.99. The van der Waals surface area contributed by atoms with Gasteiger partial charge in [0.15, 0.2) is 0 Å². The van der Waals surface area contributed by atoms with Crippen LogP contribution in [0.5, 0.6) is 0 Å². The van der Waals surface area contributed by atoms with Crippen LogP contribution in [0.15, 0.2) is 30.3 Å². The Hall–Kier alpha value is -1.31. The second kappa shape index (κ2) is 5.77. The van der Waals surface area contributed by atoms with Gasteiger partial charge >= 0.3 is 0 Å². The van der Waals surface area contributed by atoms with Crippen molar-refractivity contribution in [3.05, 3.63) is 35.9 Å². The Balaban J connectivity index is 2.66. The van der Waals surface area contributed by atoms with Crippen LogP contribution in [0.3, 0.4) is 0 Å². The Bertz CT molecular complexity index is 415. The molecule has 0 aliphatic rings. The van der Waals surface area contributed by atoms with Gasteiger partial charge in [0.25, 0.3) is 0 Å². The van der Waals surface area contributed by atoms with Crippen LogP contribution >= 0.6 is 0 Å². The van der Waals surface area contributed by atoms with Gasteiger partial charge in [0.2, 0.25) is 5.91 Å². The van der Waals surface area contributed by atoms with Gasteiger partial charge in [-0.05, 0) is 24.3 Å². The van der Waals surface area contributed by atoms with Gasteiger partial charge in [0, 0.05) is 11.5 Å². The molecule has 0 aliphatic carbocycles. The molecule has 1 amide bonds. The molecular weight excluding hydrogens is 234 g/mol. The molecule has 0 aliphatic heterocycles. The number of hydrogen-bond donors (Lipinski definition) is 1. The monoisotopic (exact) mass is 261 g/mol. The number of amides is 1. The lowest BCUT2D eigenvalue weighted by Crippen LogP contribution is -2.42. The maximum Gasteiger partial charge on any atom is 0.225 e. The van der Waals surface area contributed by atoms with Crippen LogP contribution in [0.1, 0.15) is 53.5 Å². The summed E-state index contributed by atoms with van der Waals surface area (Å²) in [5, 5.41) is 3.11. The Labute approximate surface area is 117 Å². The van der Waals surface area contributed by atoms with E-state index in [-0.39, 0.29) is 22.8 Å². The molecule has 0 fully saturated rings. The number of benzene rings is 1. The Kier molecular flexibility index (Phi) is 4.78. The molecule has 0 bridgehead atoms. The van der Waals surface area contributed by atoms with Gasteiger partial charge in [-0.3, -0.25) is 4.79 Å². The second-order valence-electron chi connectivity index (χ2n) is 7.08. The molecule has 0 saturated carbocycles. The van der Waals surface area contributed by atoms with Gasteiger partial charge < -0.3 is 5.32 Å². The fourth-order valence-corrected chi connectivity index (χ4v) is 2.26. The molecule has 2 nitrogen and oxygen atoms in total. The molecule has 1 atom stereocenters. The van der Waals surface area contributed by atoms with Gasteiger partial charge in [0.05, 0.1) is 0 Å². The molecule has 1 rings (SSSR count). The number of carbonyl (C=O) groups is 1. The predicted molar refractivity (Wildman–Crippen MR) is 81.1 cm³/mol. The van der Waals surface area contributed by atoms with E-state index in [1.54, 1.807) is 0 Å². The van der Waals surface area contributed by atoms with Crippen molar-refractivity contribution in [1.82, 2.24) is 5.32 Å². The number of rotatable bonds is 4. The first-order chi connectivity index (χ1) is 8.63. The summed E-state index contributed by atoms with van der Waals surface area (Å²) < 4.78 is 0. The molecule has 0 unspecified atom stereocenters. The smallest absolute Gasteiger partial charge is 0.225 e. The zero-order valence-corrected chi connectivity index (χ0v) is 13.1. The molecule has 0 saturated heterocycles. The summed E-state index contributed by atoms with van der Waals surface area (Å²) in [5.74, 6) is 0.115. The maximum absolute atomic E-state index is 12.0. The number of carbonyl (C=O) groups excluding carboxylic acids is 1. The fraction of sp³-hybridized carbons (Fsp3) is 0.588. The lowest BCUT2D eigenvalue weighted by molar-refractivity contribution is -0.129. The van der Waals surface area contributed by atoms with Gasteiger partial charge in [-0.2, -0.15) is 0 Å². The van der Waals surface area contributed by atoms with Crippen molar-refractivity contribution in [2.75, 3.05) is 0 Å². The summed E-state index contributed by atoms with van der Waals surface area (Å²) in [7, 11) is 0. The van der Waals surface area contributed by atoms with Crippen molar-refractivity contribution in [2.45, 2.75) is 59.4 Å². The van der Waals surface area contributed by atoms with Gasteiger partial charge in [-0.1, -0.05) is 65.0 Å². The zero-order chi connectivity index (χ0) is 14.7. The van der Waals surface area contributed by atoms with E-state index in [1.165, 1.54) is 5.56 Å². The van der Waals surface area contributed by atoms with E-state index < -0.39 is 0 Å². The van der Waals surface area contributed by atoms with Crippen molar-refractivity contribution in [3.8, 4) is 0 Å². The molecule has 1 N–H and O–H groups in total. The summed E-state index contributed by atoms with van der Waals surface area (Å²) in [6, 6.07) is 10.6. The second-order valence-corrected chi connectivity index (χ2v) is 7.08. The molecule has 0 heterocycles. The SMILES string of the molecule is C[C@H](CC(C)(C)c1ccccc1)NC(=O)C(C)(C)C. The van der Waals surface area contributed by atoms with Crippen LogP contribution in [0.2, 0.25) is 0 Å². The molecule has 1 aromatic rings. The van der Waals surface area contributed by atoms with Crippen LogP contribution in [-0.4, -0.2) is 11.9 Å². The normalized spacial score (nSPS) is 14.0. The van der Waals surface area contributed by atoms with Crippen molar-refractivity contribution in [2.24, 2.45) is 5.41 Å². The summed E-state index contributed by atoms with van der Waals surface area (Å²) in [4.78, 5) is 12.0. The molecule has 19 heavy (non-hydrogen) atoms. The van der Waals surface area contributed by atoms with Gasteiger partial charge in [-0.15, -0.1) is 0 Å². The lowest BCUT2D eigenvalue weighted by atomic mass is 9.79. The quantitative estimate of drug-likeness (QED) is 0.875. The number of nitrogens with one attached hydrogen (secondary N) is 1. The summed E-state index contributed by atoms with van der Waals surface area (Å²) >= 11 is 0. The van der Waals surface area contributed by atoms with Crippen LogP contribution in [0, 0.1) is 5.41 Å². The first-order valence-corrected chi connectivity index (χ1v) is 6.99. The van der Waals surface area contributed by atoms with Crippen LogP contribution in [-0.2, 0) is 10.2 Å². The standard InChI is InChI=1S/C17H27NO/c1-13(18-15(19)16(2,3)4)12-17(5,6)14-10-8-7-9-11-14/h7-11,13H,12H2,1-6H3,(H,18,19)/t13-/m1/s1. The Morgan fingerprint density at radius 1 is 1.11 bits per heavy atom. The highest BCUT2D eigenvalue weighted by Gasteiger charge is 2.27. The zero-order valence-electron chi connectivity index (χ0n) is 13.1. The number of hydrogen-bond acceptors (Lipinski definition) is 1. The van der Waals surface area contributed by atoms with Crippen LogP contribution in [0.4, 0.5) is 0 Å². The first kappa shape index (κ1) is 15.7. The lowest BCUT2D eigenvalue weighted by Gasteiger charge is -2.30. The minimum atomic E-state index is -0.328. The molecule has 1 aromatic carbocycles. The van der Waals surface area contributed by atoms with Crippen LogP contribution in [0.25, 0.3) is 0 Å². The minimum absolute atomic E-state index is 0.0614. The van der Waals surface area contributed by atoms with E-state index >= 15 is 0 Å². The van der Waals surface area contributed by atoms with Crippen molar-refractivity contribution in [3.63, 3.8) is 0 Å². The third-order valence-electron chi connectivity index (χ3n) is 3.43. The molecule has 0 aromatic heterocycles. The Morgan fingerprint density at radius 2 is 1.63 bits per heavy atom. The molecular formula is C17H27NO. The highest BCUT2D eigenvalue weighted by atomic mass is 16.2. The third kappa shape index (κ3) is 4.70. The summed E-state index contributed by atoms with van der Waals surface area (Å²) in [5.41, 5.74) is 1.05. The summed E-state index contributed by atoms with van der Waals surface area (Å²) in [6.45, 7) is 12.4. The van der Waals surface area contributed by atoms with Crippen molar-refractivity contribution >= 4 is 5.91 Å². The third-order valence-corrected chi connectivity index (χ3v) is 3.43. The average Bonchev–Trinajstić information content (AvgIpc) is 2.28. The van der Waals surface area contributed by atoms with E-state index in [0.29, 0.717) is 0 Å². The minimum Gasteiger partial charge on any atom is -0.353 e. The van der Waals surface area contributed by atoms with E-state index in [4.69, 9.17) is 0 Å². The van der Waals surface area contributed by atoms with Gasteiger partial charge in [-0.25, -0.2) is 0 Å². The van der Waals surface area contributed by atoms with Crippen LogP contribution < -0.4 is 5.32 Å². The van der Waals surface area contributed by atoms with E-state index in [1.807, 2.05) is 26.8 Å². The van der Waals surface area contributed by atoms with E-state index in [2.05, 4.69) is 50.4 Å². The predicted octanol–water partition coefficient (Wildman–Crippen LogP) is 3.91. The maximum atomic E-state index is 12.0. The largest absolute Gasteiger partial charge is 0.353 e. The highest BCUT2D eigenvalue weighted by molar-refractivity contribution is 5.81. The highest BCUT2D eigenvalue weighted by Crippen LogP contribution is 2.28. The molecule has 0 spiro atoms. The fourth-order valence-electron chi connectivity index (χ4n) is 2.26. The molecule has 0 radical (unpaired) electrons. The Morgan fingerprint density at radius 3 is 2.11 bits per heavy atom. The molecule has 2 heteroatoms. The average molecular weight is 261 g/mol. The van der Waals surface area contributed by atoms with E-state index in [0.717, 1.165) is 6.42 Å². The van der Waals surface area contributed by atoms with Gasteiger partial charge in [0.1, 0.15) is 0 Å². The van der Waals surface area contributed by atoms with E-state index in [9.17, 15) is 4.79 Å². The summed E-state index contributed by atoms with van der Waals surface area (Å²) in [6.07, 6.45) is 0.929. The van der Waals surface area contributed by atoms with Crippen molar-refractivity contribution < 1.29 is 4.79 Å². The topological polar surface area (TPSA) is 29.1 Å².